The van der Waals surface area contributed by atoms with Crippen LogP contribution in [0.1, 0.15) is 5.56 Å². The van der Waals surface area contributed by atoms with Gasteiger partial charge in [-0.1, -0.05) is 12.1 Å². The molecule has 2 rings (SSSR count). The zero-order valence-corrected chi connectivity index (χ0v) is 7.98. The first-order valence-corrected chi connectivity index (χ1v) is 4.44. The fraction of sp³-hybridized carbons (Fsp3) is 0.0909. The minimum Gasteiger partial charge on any atom is -0.480 e. The number of hydrogen-bond donors (Lipinski definition) is 2. The number of rotatable bonds is 3. The zero-order valence-electron chi connectivity index (χ0n) is 7.98. The van der Waals surface area contributed by atoms with E-state index in [9.17, 15) is 14.0 Å². The Kier molecular flexibility index (Phi) is 2.05. The molecule has 0 aliphatic heterocycles. The van der Waals surface area contributed by atoms with E-state index in [-0.39, 0.29) is 5.57 Å². The van der Waals surface area contributed by atoms with E-state index in [4.69, 9.17) is 10.2 Å². The lowest BCUT2D eigenvalue weighted by Gasteiger charge is -2.07. The molecule has 0 radical (unpaired) electrons. The van der Waals surface area contributed by atoms with E-state index in [1.165, 1.54) is 12.1 Å². The van der Waals surface area contributed by atoms with Crippen molar-refractivity contribution >= 4 is 17.5 Å². The van der Waals surface area contributed by atoms with Crippen LogP contribution in [0, 0.1) is 11.2 Å². The second-order valence-electron chi connectivity index (χ2n) is 3.48. The van der Waals surface area contributed by atoms with Crippen molar-refractivity contribution in [3.05, 3.63) is 41.7 Å². The summed E-state index contributed by atoms with van der Waals surface area (Å²) in [4.78, 5) is 21.7. The van der Waals surface area contributed by atoms with Crippen LogP contribution in [0.3, 0.4) is 0 Å². The monoisotopic (exact) mass is 222 g/mol. The van der Waals surface area contributed by atoms with Crippen molar-refractivity contribution in [3.8, 4) is 0 Å². The van der Waals surface area contributed by atoms with Crippen molar-refractivity contribution in [3.63, 3.8) is 0 Å². The molecule has 1 aliphatic carbocycles. The van der Waals surface area contributed by atoms with Crippen molar-refractivity contribution < 1.29 is 24.2 Å². The Morgan fingerprint density at radius 1 is 1.06 bits per heavy atom. The van der Waals surface area contributed by atoms with Gasteiger partial charge in [0.1, 0.15) is 5.82 Å². The Morgan fingerprint density at radius 3 is 1.94 bits per heavy atom. The van der Waals surface area contributed by atoms with Crippen LogP contribution < -0.4 is 0 Å². The summed E-state index contributed by atoms with van der Waals surface area (Å²) < 4.78 is 12.6. The van der Waals surface area contributed by atoms with Gasteiger partial charge in [0.15, 0.2) is 0 Å². The van der Waals surface area contributed by atoms with Gasteiger partial charge in [-0.25, -0.2) is 4.39 Å². The lowest BCUT2D eigenvalue weighted by molar-refractivity contribution is -0.154. The van der Waals surface area contributed by atoms with Gasteiger partial charge in [0.05, 0.1) is 0 Å². The summed E-state index contributed by atoms with van der Waals surface area (Å²) in [5, 5.41) is 17.7. The van der Waals surface area contributed by atoms with E-state index >= 15 is 0 Å². The van der Waals surface area contributed by atoms with Gasteiger partial charge >= 0.3 is 11.9 Å². The first kappa shape index (κ1) is 10.4. The molecule has 1 aliphatic rings. The van der Waals surface area contributed by atoms with E-state index in [1.807, 2.05) is 0 Å². The Balaban J connectivity index is 2.33. The molecule has 1 aromatic rings. The van der Waals surface area contributed by atoms with E-state index in [0.717, 1.165) is 18.2 Å². The largest absolute Gasteiger partial charge is 0.480 e. The van der Waals surface area contributed by atoms with Crippen LogP contribution >= 0.6 is 0 Å². The van der Waals surface area contributed by atoms with Crippen LogP contribution in [-0.2, 0) is 9.59 Å². The van der Waals surface area contributed by atoms with Crippen molar-refractivity contribution in [2.24, 2.45) is 5.41 Å². The molecule has 5 heteroatoms. The van der Waals surface area contributed by atoms with Gasteiger partial charge in [-0.3, -0.25) is 9.59 Å². The van der Waals surface area contributed by atoms with Crippen LogP contribution in [0.25, 0.3) is 5.57 Å². The summed E-state index contributed by atoms with van der Waals surface area (Å²) >= 11 is 0. The van der Waals surface area contributed by atoms with Crippen LogP contribution in [0.5, 0.6) is 0 Å². The lowest BCUT2D eigenvalue weighted by Crippen LogP contribution is -2.28. The summed E-state index contributed by atoms with van der Waals surface area (Å²) in [5.74, 6) is -3.32. The average Bonchev–Trinajstić information content (AvgIpc) is 2.95. The predicted molar refractivity (Wildman–Crippen MR) is 52.1 cm³/mol. The molecule has 2 N–H and O–H groups in total. The van der Waals surface area contributed by atoms with Crippen molar-refractivity contribution in [1.82, 2.24) is 0 Å². The lowest BCUT2D eigenvalue weighted by atomic mass is 9.97. The Labute approximate surface area is 89.6 Å². The molecule has 0 bridgehead atoms. The summed E-state index contributed by atoms with van der Waals surface area (Å²) in [6.07, 6.45) is 1.14. The topological polar surface area (TPSA) is 74.6 Å². The van der Waals surface area contributed by atoms with Crippen molar-refractivity contribution in [2.75, 3.05) is 0 Å². The average molecular weight is 222 g/mol. The molecule has 0 aromatic heterocycles. The van der Waals surface area contributed by atoms with Crippen molar-refractivity contribution in [2.45, 2.75) is 0 Å². The second kappa shape index (κ2) is 3.16. The van der Waals surface area contributed by atoms with Crippen LogP contribution in [0.15, 0.2) is 30.3 Å². The molecular weight excluding hydrogens is 215 g/mol. The molecule has 0 amide bonds. The minimum absolute atomic E-state index is 0.188. The molecule has 82 valence electrons. The number of carboxylic acids is 2. The van der Waals surface area contributed by atoms with E-state index in [1.54, 1.807) is 0 Å². The Hall–Kier alpha value is -2.17. The van der Waals surface area contributed by atoms with Crippen LogP contribution in [0.4, 0.5) is 4.39 Å². The van der Waals surface area contributed by atoms with E-state index in [2.05, 4.69) is 0 Å². The van der Waals surface area contributed by atoms with Gasteiger partial charge in [-0.15, -0.1) is 0 Å². The number of benzene rings is 1. The van der Waals surface area contributed by atoms with Gasteiger partial charge in [0.25, 0.3) is 0 Å². The molecule has 0 fully saturated rings. The SMILES string of the molecule is O=C(O)C1(C(=O)O)C=C1c1ccc(F)cc1. The van der Waals surface area contributed by atoms with Gasteiger partial charge < -0.3 is 10.2 Å². The van der Waals surface area contributed by atoms with Gasteiger partial charge in [-0.2, -0.15) is 0 Å². The fourth-order valence-corrected chi connectivity index (χ4v) is 1.57. The molecule has 1 aromatic carbocycles. The smallest absolute Gasteiger partial charge is 0.329 e. The molecule has 0 atom stereocenters. The number of aliphatic carboxylic acids is 2. The molecule has 0 spiro atoms. The highest BCUT2D eigenvalue weighted by Crippen LogP contribution is 2.51. The highest BCUT2D eigenvalue weighted by molar-refractivity contribution is 6.21. The zero-order chi connectivity index (χ0) is 11.9. The quantitative estimate of drug-likeness (QED) is 0.757. The van der Waals surface area contributed by atoms with Crippen LogP contribution in [-0.4, -0.2) is 22.2 Å². The molecule has 0 saturated carbocycles. The highest BCUT2D eigenvalue weighted by Gasteiger charge is 2.58. The maximum atomic E-state index is 12.6. The highest BCUT2D eigenvalue weighted by atomic mass is 19.1. The van der Waals surface area contributed by atoms with Gasteiger partial charge in [0.2, 0.25) is 5.41 Å². The van der Waals surface area contributed by atoms with E-state index in [0.29, 0.717) is 5.56 Å². The minimum atomic E-state index is -1.93. The Morgan fingerprint density at radius 2 is 1.56 bits per heavy atom. The molecule has 0 saturated heterocycles. The maximum absolute atomic E-state index is 12.6. The first-order valence-electron chi connectivity index (χ1n) is 4.44. The Bertz CT molecular complexity index is 487. The number of halogens is 1. The van der Waals surface area contributed by atoms with Gasteiger partial charge in [0, 0.05) is 0 Å². The molecule has 4 nitrogen and oxygen atoms in total. The van der Waals surface area contributed by atoms with Crippen molar-refractivity contribution in [1.29, 1.82) is 0 Å². The summed E-state index contributed by atoms with van der Waals surface area (Å²) in [6.45, 7) is 0. The first-order chi connectivity index (χ1) is 7.48. The summed E-state index contributed by atoms with van der Waals surface area (Å²) in [7, 11) is 0. The maximum Gasteiger partial charge on any atom is 0.329 e. The third-order valence-electron chi connectivity index (χ3n) is 2.53. The molecule has 16 heavy (non-hydrogen) atoms. The van der Waals surface area contributed by atoms with Gasteiger partial charge in [-0.05, 0) is 29.3 Å². The summed E-state index contributed by atoms with van der Waals surface area (Å²) in [6, 6.07) is 5.02. The van der Waals surface area contributed by atoms with Crippen LogP contribution in [0.2, 0.25) is 0 Å². The third-order valence-corrected chi connectivity index (χ3v) is 2.53. The normalized spacial score (nSPS) is 16.4. The third kappa shape index (κ3) is 1.29. The number of carbonyl (C=O) groups is 2. The predicted octanol–water partition coefficient (Wildman–Crippen LogP) is 1.38. The van der Waals surface area contributed by atoms with E-state index < -0.39 is 23.2 Å². The number of carboxylic acid groups (broad SMARTS) is 2. The molecular formula is C11H7FO4. The second-order valence-corrected chi connectivity index (χ2v) is 3.48. The molecule has 0 unspecified atom stereocenters. The number of hydrogen-bond acceptors (Lipinski definition) is 2. The standard InChI is InChI=1S/C11H7FO4/c12-7-3-1-6(2-4-7)8-5-11(8,9(13)14)10(15)16/h1-5H,(H,13,14)(H,15,16). The summed E-state index contributed by atoms with van der Waals surface area (Å²) in [5.41, 5.74) is -1.34. The fourth-order valence-electron chi connectivity index (χ4n) is 1.57. The molecule has 0 heterocycles.